The van der Waals surface area contributed by atoms with Crippen LogP contribution in [0.3, 0.4) is 0 Å². The number of thiazole rings is 1. The first-order chi connectivity index (χ1) is 7.75. The lowest BCUT2D eigenvalue weighted by Gasteiger charge is -2.05. The smallest absolute Gasteiger partial charge is 0.120 e. The minimum Gasteiger partial charge on any atom is -0.493 e. The molecule has 0 bridgehead atoms. The van der Waals surface area contributed by atoms with Crippen LogP contribution in [0.15, 0.2) is 29.1 Å². The largest absolute Gasteiger partial charge is 0.493 e. The Morgan fingerprint density at radius 3 is 2.81 bits per heavy atom. The maximum absolute atomic E-state index is 5.87. The lowest BCUT2D eigenvalue weighted by Crippen LogP contribution is -2.01. The van der Waals surface area contributed by atoms with Crippen LogP contribution >= 0.6 is 34.5 Å². The second-order valence-electron chi connectivity index (χ2n) is 3.15. The quantitative estimate of drug-likeness (QED) is 0.838. The van der Waals surface area contributed by atoms with Crippen LogP contribution in [0.2, 0.25) is 10.0 Å². The van der Waals surface area contributed by atoms with Gasteiger partial charge in [-0.05, 0) is 12.1 Å². The number of nitrogens with zero attached hydrogens (tertiary/aromatic N) is 1. The molecule has 16 heavy (non-hydrogen) atoms. The Bertz CT molecular complexity index is 459. The van der Waals surface area contributed by atoms with Crippen molar-refractivity contribution in [2.45, 2.75) is 6.42 Å². The van der Waals surface area contributed by atoms with Crippen molar-refractivity contribution in [3.63, 3.8) is 0 Å². The Morgan fingerprint density at radius 1 is 1.25 bits per heavy atom. The molecule has 0 radical (unpaired) electrons. The first-order valence-electron chi connectivity index (χ1n) is 4.70. The number of halogens is 2. The monoisotopic (exact) mass is 273 g/mol. The minimum absolute atomic E-state index is 0.507. The van der Waals surface area contributed by atoms with Crippen molar-refractivity contribution in [3.05, 3.63) is 44.8 Å². The second-order valence-corrected chi connectivity index (χ2v) is 4.69. The molecule has 0 aliphatic rings. The Balaban J connectivity index is 1.87. The molecule has 0 fully saturated rings. The molecule has 2 rings (SSSR count). The molecular formula is C11H9Cl2NOS. The summed E-state index contributed by atoms with van der Waals surface area (Å²) in [6.07, 6.45) is 0.795. The summed E-state index contributed by atoms with van der Waals surface area (Å²) in [6.45, 7) is 0.585. The van der Waals surface area contributed by atoms with Crippen LogP contribution in [0.1, 0.15) is 5.69 Å². The van der Waals surface area contributed by atoms with Crippen LogP contribution < -0.4 is 4.74 Å². The van der Waals surface area contributed by atoms with Crippen molar-refractivity contribution < 1.29 is 4.74 Å². The van der Waals surface area contributed by atoms with Gasteiger partial charge >= 0.3 is 0 Å². The Morgan fingerprint density at radius 2 is 2.12 bits per heavy atom. The number of hydrogen-bond acceptors (Lipinski definition) is 3. The first-order valence-corrected chi connectivity index (χ1v) is 6.40. The van der Waals surface area contributed by atoms with Crippen molar-refractivity contribution >= 4 is 34.5 Å². The summed E-state index contributed by atoms with van der Waals surface area (Å²) < 4.78 is 5.54. The fourth-order valence-electron chi connectivity index (χ4n) is 1.20. The predicted molar refractivity (Wildman–Crippen MR) is 67.8 cm³/mol. The van der Waals surface area contributed by atoms with Gasteiger partial charge in [0.2, 0.25) is 0 Å². The van der Waals surface area contributed by atoms with Crippen molar-refractivity contribution in [1.82, 2.24) is 4.98 Å². The van der Waals surface area contributed by atoms with Crippen molar-refractivity contribution in [1.29, 1.82) is 0 Å². The van der Waals surface area contributed by atoms with E-state index in [1.807, 2.05) is 10.9 Å². The lowest BCUT2D eigenvalue weighted by atomic mass is 10.3. The molecule has 0 aliphatic heterocycles. The van der Waals surface area contributed by atoms with E-state index < -0.39 is 0 Å². The van der Waals surface area contributed by atoms with Gasteiger partial charge in [-0.3, -0.25) is 0 Å². The molecule has 0 N–H and O–H groups in total. The van der Waals surface area contributed by atoms with Crippen LogP contribution in [0, 0.1) is 0 Å². The fourth-order valence-corrected chi connectivity index (χ4v) is 2.08. The van der Waals surface area contributed by atoms with Crippen LogP contribution in [-0.2, 0) is 6.42 Å². The van der Waals surface area contributed by atoms with E-state index in [1.165, 1.54) is 0 Å². The average Bonchev–Trinajstić information content (AvgIpc) is 2.76. The van der Waals surface area contributed by atoms with Gasteiger partial charge in [-0.1, -0.05) is 23.2 Å². The Kier molecular flexibility index (Phi) is 4.04. The summed E-state index contributed by atoms with van der Waals surface area (Å²) in [7, 11) is 0. The molecule has 0 spiro atoms. The number of rotatable bonds is 4. The fraction of sp³-hybridized carbons (Fsp3) is 0.182. The Labute approximate surface area is 108 Å². The topological polar surface area (TPSA) is 22.1 Å². The average molecular weight is 274 g/mol. The molecule has 0 unspecified atom stereocenters. The van der Waals surface area contributed by atoms with E-state index >= 15 is 0 Å². The zero-order chi connectivity index (χ0) is 11.4. The van der Waals surface area contributed by atoms with Gasteiger partial charge in [0.15, 0.2) is 0 Å². The van der Waals surface area contributed by atoms with Crippen molar-refractivity contribution in [3.8, 4) is 5.75 Å². The van der Waals surface area contributed by atoms with E-state index in [0.717, 1.165) is 17.9 Å². The SMILES string of the molecule is Clc1ccc(OCCc2cscn2)cc1Cl. The second kappa shape index (κ2) is 5.53. The minimum atomic E-state index is 0.507. The van der Waals surface area contributed by atoms with Crippen LogP contribution in [0.25, 0.3) is 0 Å². The number of aromatic nitrogens is 1. The summed E-state index contributed by atoms with van der Waals surface area (Å²) >= 11 is 13.3. The highest BCUT2D eigenvalue weighted by Gasteiger charge is 2.01. The molecule has 0 aliphatic carbocycles. The van der Waals surface area contributed by atoms with Gasteiger partial charge < -0.3 is 4.74 Å². The number of ether oxygens (including phenoxy) is 1. The normalized spacial score (nSPS) is 10.4. The summed E-state index contributed by atoms with van der Waals surface area (Å²) in [5.41, 5.74) is 2.86. The molecule has 2 nitrogen and oxygen atoms in total. The lowest BCUT2D eigenvalue weighted by molar-refractivity contribution is 0.321. The van der Waals surface area contributed by atoms with Crippen LogP contribution in [-0.4, -0.2) is 11.6 Å². The molecule has 0 amide bonds. The molecule has 0 saturated carbocycles. The highest BCUT2D eigenvalue weighted by molar-refractivity contribution is 7.07. The van der Waals surface area contributed by atoms with Gasteiger partial charge in [0.25, 0.3) is 0 Å². The van der Waals surface area contributed by atoms with Gasteiger partial charge in [0.1, 0.15) is 5.75 Å². The van der Waals surface area contributed by atoms with Gasteiger partial charge in [0.05, 0.1) is 27.9 Å². The molecule has 0 atom stereocenters. The third-order valence-corrected chi connectivity index (χ3v) is 3.38. The van der Waals surface area contributed by atoms with Crippen LogP contribution in [0.4, 0.5) is 0 Å². The molecule has 2 aromatic rings. The van der Waals surface area contributed by atoms with Gasteiger partial charge in [-0.25, -0.2) is 4.98 Å². The zero-order valence-electron chi connectivity index (χ0n) is 8.32. The predicted octanol–water partition coefficient (Wildman–Crippen LogP) is 4.07. The first kappa shape index (κ1) is 11.7. The molecule has 1 heterocycles. The maximum atomic E-state index is 5.87. The van der Waals surface area contributed by atoms with Crippen molar-refractivity contribution in [2.24, 2.45) is 0 Å². The summed E-state index contributed by atoms with van der Waals surface area (Å²) in [5, 5.41) is 3.06. The van der Waals surface area contributed by atoms with Crippen LogP contribution in [0.5, 0.6) is 5.75 Å². The zero-order valence-corrected chi connectivity index (χ0v) is 10.6. The molecule has 5 heteroatoms. The molecule has 1 aromatic carbocycles. The third kappa shape index (κ3) is 3.11. The number of hydrogen-bond donors (Lipinski definition) is 0. The van der Waals surface area contributed by atoms with Gasteiger partial charge in [-0.2, -0.15) is 0 Å². The third-order valence-electron chi connectivity index (χ3n) is 2.00. The van der Waals surface area contributed by atoms with E-state index in [0.29, 0.717) is 16.7 Å². The molecule has 1 aromatic heterocycles. The summed E-state index contributed by atoms with van der Waals surface area (Å²) in [6, 6.07) is 5.24. The summed E-state index contributed by atoms with van der Waals surface area (Å²) in [4.78, 5) is 4.17. The van der Waals surface area contributed by atoms with E-state index in [4.69, 9.17) is 27.9 Å². The van der Waals surface area contributed by atoms with Crippen molar-refractivity contribution in [2.75, 3.05) is 6.61 Å². The van der Waals surface area contributed by atoms with Gasteiger partial charge in [-0.15, -0.1) is 11.3 Å². The molecular weight excluding hydrogens is 265 g/mol. The number of benzene rings is 1. The standard InChI is InChI=1S/C11H9Cl2NOS/c12-10-2-1-9(5-11(10)13)15-4-3-8-6-16-7-14-8/h1-2,5-7H,3-4H2. The van der Waals surface area contributed by atoms with E-state index in [-0.39, 0.29) is 0 Å². The maximum Gasteiger partial charge on any atom is 0.120 e. The highest BCUT2D eigenvalue weighted by Crippen LogP contribution is 2.26. The van der Waals surface area contributed by atoms with Gasteiger partial charge in [0, 0.05) is 17.9 Å². The van der Waals surface area contributed by atoms with E-state index in [1.54, 1.807) is 29.5 Å². The molecule has 84 valence electrons. The Hall–Kier alpha value is -0.770. The molecule has 0 saturated heterocycles. The highest BCUT2D eigenvalue weighted by atomic mass is 35.5. The van der Waals surface area contributed by atoms with E-state index in [9.17, 15) is 0 Å². The summed E-state index contributed by atoms with van der Waals surface area (Å²) in [5.74, 6) is 0.727. The van der Waals surface area contributed by atoms with E-state index in [2.05, 4.69) is 4.98 Å².